The summed E-state index contributed by atoms with van der Waals surface area (Å²) in [5.41, 5.74) is 3.59. The molecule has 0 aliphatic carbocycles. The van der Waals surface area contributed by atoms with Gasteiger partial charge in [0.2, 0.25) is 15.9 Å². The van der Waals surface area contributed by atoms with Gasteiger partial charge in [0, 0.05) is 13.1 Å². The van der Waals surface area contributed by atoms with E-state index in [1.165, 1.54) is 4.31 Å². The largest absolute Gasteiger partial charge is 0.349 e. The lowest BCUT2D eigenvalue weighted by Crippen LogP contribution is -2.46. The van der Waals surface area contributed by atoms with Crippen molar-refractivity contribution in [2.75, 3.05) is 13.1 Å². The van der Waals surface area contributed by atoms with Crippen molar-refractivity contribution in [3.8, 4) is 0 Å². The van der Waals surface area contributed by atoms with Crippen LogP contribution in [0.25, 0.3) is 0 Å². The van der Waals surface area contributed by atoms with E-state index in [1.54, 1.807) is 0 Å². The Morgan fingerprint density at radius 1 is 1.10 bits per heavy atom. The minimum atomic E-state index is -3.63. The highest BCUT2D eigenvalue weighted by molar-refractivity contribution is 7.89. The maximum atomic E-state index is 13.3. The third-order valence-electron chi connectivity index (χ3n) is 5.62. The average Bonchev–Trinajstić information content (AvgIpc) is 2.67. The zero-order valence-electron chi connectivity index (χ0n) is 17.6. The first-order chi connectivity index (χ1) is 13.7. The number of hydrogen-bond donors (Lipinski definition) is 1. The van der Waals surface area contributed by atoms with E-state index < -0.39 is 10.0 Å². The summed E-state index contributed by atoms with van der Waals surface area (Å²) in [6.45, 7) is 8.26. The average molecular weight is 415 g/mol. The van der Waals surface area contributed by atoms with Crippen molar-refractivity contribution in [2.45, 2.75) is 51.5 Å². The molecule has 0 aromatic heterocycles. The van der Waals surface area contributed by atoms with E-state index in [-0.39, 0.29) is 24.4 Å². The Hall–Kier alpha value is -2.18. The summed E-state index contributed by atoms with van der Waals surface area (Å²) in [5, 5.41) is 3.05. The fourth-order valence-corrected chi connectivity index (χ4v) is 6.17. The van der Waals surface area contributed by atoms with Gasteiger partial charge in [-0.2, -0.15) is 4.31 Å². The van der Waals surface area contributed by atoms with Crippen LogP contribution in [-0.4, -0.2) is 31.7 Å². The third kappa shape index (κ3) is 4.70. The second kappa shape index (κ2) is 8.67. The maximum Gasteiger partial charge on any atom is 0.243 e. The van der Waals surface area contributed by atoms with Gasteiger partial charge in [0.1, 0.15) is 0 Å². The molecule has 1 amide bonds. The van der Waals surface area contributed by atoms with E-state index in [4.69, 9.17) is 0 Å². The fourth-order valence-electron chi connectivity index (χ4n) is 4.23. The van der Waals surface area contributed by atoms with Crippen LogP contribution in [0.3, 0.4) is 0 Å². The van der Waals surface area contributed by atoms with Gasteiger partial charge < -0.3 is 5.32 Å². The monoisotopic (exact) mass is 414 g/mol. The number of hydrogen-bond acceptors (Lipinski definition) is 3. The van der Waals surface area contributed by atoms with Crippen LogP contribution in [0.15, 0.2) is 47.4 Å². The number of rotatable bonds is 5. The van der Waals surface area contributed by atoms with E-state index >= 15 is 0 Å². The molecule has 0 saturated carbocycles. The van der Waals surface area contributed by atoms with E-state index in [9.17, 15) is 13.2 Å². The summed E-state index contributed by atoms with van der Waals surface area (Å²) in [4.78, 5) is 13.2. The molecule has 1 fully saturated rings. The summed E-state index contributed by atoms with van der Waals surface area (Å²) < 4.78 is 28.2. The Kier molecular flexibility index (Phi) is 6.44. The van der Waals surface area contributed by atoms with Gasteiger partial charge in [-0.1, -0.05) is 48.0 Å². The van der Waals surface area contributed by atoms with Crippen LogP contribution in [0.2, 0.25) is 0 Å². The number of benzene rings is 2. The first kappa shape index (κ1) is 21.5. The van der Waals surface area contributed by atoms with Gasteiger partial charge in [-0.05, 0) is 57.2 Å². The molecule has 2 atom stereocenters. The van der Waals surface area contributed by atoms with Gasteiger partial charge in [0.25, 0.3) is 0 Å². The number of nitrogens with one attached hydrogen (secondary N) is 1. The summed E-state index contributed by atoms with van der Waals surface area (Å²) in [7, 11) is -3.63. The van der Waals surface area contributed by atoms with Gasteiger partial charge in [-0.15, -0.1) is 0 Å². The molecule has 6 heteroatoms. The number of carbonyl (C=O) groups excluding carboxylic acids is 1. The number of nitrogens with zero attached hydrogens (tertiary/aromatic N) is 1. The van der Waals surface area contributed by atoms with Gasteiger partial charge in [-0.3, -0.25) is 4.79 Å². The molecule has 29 heavy (non-hydrogen) atoms. The fraction of sp³-hybridized carbons (Fsp3) is 0.435. The number of aryl methyl sites for hydroxylation is 3. The number of piperidine rings is 1. The van der Waals surface area contributed by atoms with E-state index in [0.717, 1.165) is 22.3 Å². The predicted molar refractivity (Wildman–Crippen MR) is 115 cm³/mol. The topological polar surface area (TPSA) is 66.5 Å². The molecule has 0 bridgehead atoms. The van der Waals surface area contributed by atoms with E-state index in [0.29, 0.717) is 24.3 Å². The van der Waals surface area contributed by atoms with Gasteiger partial charge in [0.05, 0.1) is 16.9 Å². The van der Waals surface area contributed by atoms with Crippen LogP contribution in [0.1, 0.15) is 48.1 Å². The Bertz CT molecular complexity index is 963. The summed E-state index contributed by atoms with van der Waals surface area (Å²) >= 11 is 0. The van der Waals surface area contributed by atoms with Gasteiger partial charge in [-0.25, -0.2) is 8.42 Å². The SMILES string of the molecule is Cc1cc(C)c(S(=O)(=O)N2CCC[C@H](C(=O)N[C@H](C)c3ccccc3)C2)c(C)c1. The number of carbonyl (C=O) groups is 1. The molecule has 1 aliphatic heterocycles. The molecular formula is C23H30N2O3S. The standard InChI is InChI=1S/C23H30N2O3S/c1-16-13-17(2)22(18(3)14-16)29(27,28)25-12-8-11-21(15-25)23(26)24-19(4)20-9-6-5-7-10-20/h5-7,9-10,13-14,19,21H,8,11-12,15H2,1-4H3,(H,24,26)/t19-,21+/m1/s1. The van der Waals surface area contributed by atoms with Crippen molar-refractivity contribution in [1.29, 1.82) is 0 Å². The van der Waals surface area contributed by atoms with Crippen LogP contribution in [0.5, 0.6) is 0 Å². The zero-order chi connectivity index (χ0) is 21.2. The van der Waals surface area contributed by atoms with Crippen molar-refractivity contribution in [2.24, 2.45) is 5.92 Å². The lowest BCUT2D eigenvalue weighted by atomic mass is 9.98. The first-order valence-electron chi connectivity index (χ1n) is 10.1. The number of sulfonamides is 1. The van der Waals surface area contributed by atoms with E-state index in [1.807, 2.05) is 70.2 Å². The van der Waals surface area contributed by atoms with Crippen molar-refractivity contribution in [3.63, 3.8) is 0 Å². The maximum absolute atomic E-state index is 13.3. The van der Waals surface area contributed by atoms with Crippen molar-refractivity contribution >= 4 is 15.9 Å². The molecule has 1 aliphatic rings. The Morgan fingerprint density at radius 3 is 2.34 bits per heavy atom. The van der Waals surface area contributed by atoms with Crippen LogP contribution in [0.4, 0.5) is 0 Å². The lowest BCUT2D eigenvalue weighted by Gasteiger charge is -2.32. The summed E-state index contributed by atoms with van der Waals surface area (Å²) in [5.74, 6) is -0.422. The molecule has 1 N–H and O–H groups in total. The molecule has 1 heterocycles. The van der Waals surface area contributed by atoms with Crippen LogP contribution < -0.4 is 5.32 Å². The van der Waals surface area contributed by atoms with Crippen molar-refractivity contribution in [3.05, 3.63) is 64.7 Å². The first-order valence-corrected chi connectivity index (χ1v) is 11.6. The molecule has 1 saturated heterocycles. The Morgan fingerprint density at radius 2 is 1.72 bits per heavy atom. The third-order valence-corrected chi connectivity index (χ3v) is 7.79. The second-order valence-electron chi connectivity index (χ2n) is 8.07. The molecule has 0 unspecified atom stereocenters. The lowest BCUT2D eigenvalue weighted by molar-refractivity contribution is -0.126. The zero-order valence-corrected chi connectivity index (χ0v) is 18.4. The van der Waals surface area contributed by atoms with Gasteiger partial charge >= 0.3 is 0 Å². The van der Waals surface area contributed by atoms with Gasteiger partial charge in [0.15, 0.2) is 0 Å². The highest BCUT2D eigenvalue weighted by Crippen LogP contribution is 2.29. The minimum absolute atomic E-state index is 0.0846. The quantitative estimate of drug-likeness (QED) is 0.807. The molecular weight excluding hydrogens is 384 g/mol. The summed E-state index contributed by atoms with van der Waals surface area (Å²) in [6, 6.07) is 13.5. The molecule has 0 spiro atoms. The highest BCUT2D eigenvalue weighted by atomic mass is 32.2. The Labute approximate surface area is 174 Å². The predicted octanol–water partition coefficient (Wildman–Crippen LogP) is 3.89. The summed E-state index contributed by atoms with van der Waals surface area (Å²) in [6.07, 6.45) is 1.38. The van der Waals surface area contributed by atoms with Crippen LogP contribution >= 0.6 is 0 Å². The van der Waals surface area contributed by atoms with Crippen LogP contribution in [-0.2, 0) is 14.8 Å². The number of amides is 1. The van der Waals surface area contributed by atoms with Crippen molar-refractivity contribution in [1.82, 2.24) is 9.62 Å². The smallest absolute Gasteiger partial charge is 0.243 e. The molecule has 3 rings (SSSR count). The molecule has 5 nitrogen and oxygen atoms in total. The normalized spacial score (nSPS) is 19.0. The highest BCUT2D eigenvalue weighted by Gasteiger charge is 2.35. The van der Waals surface area contributed by atoms with Crippen LogP contribution in [0, 0.1) is 26.7 Å². The molecule has 156 valence electrons. The minimum Gasteiger partial charge on any atom is -0.349 e. The van der Waals surface area contributed by atoms with E-state index in [2.05, 4.69) is 5.32 Å². The second-order valence-corrected chi connectivity index (χ2v) is 9.95. The van der Waals surface area contributed by atoms with Crippen molar-refractivity contribution < 1.29 is 13.2 Å². The molecule has 2 aromatic rings. The molecule has 0 radical (unpaired) electrons. The molecule has 2 aromatic carbocycles. The Balaban J connectivity index is 1.76.